The third-order valence-electron chi connectivity index (χ3n) is 5.69. The van der Waals surface area contributed by atoms with Crippen molar-refractivity contribution < 1.29 is 9.47 Å². The van der Waals surface area contributed by atoms with Gasteiger partial charge in [-0.15, -0.1) is 0 Å². The fraction of sp³-hybridized carbons (Fsp3) is 0.750. The first-order valence-electron chi connectivity index (χ1n) is 9.86. The van der Waals surface area contributed by atoms with Gasteiger partial charge in [0.2, 0.25) is 0 Å². The number of fused-ring (bicyclic) bond motifs is 1. The third-order valence-corrected chi connectivity index (χ3v) is 6.23. The second-order valence-corrected chi connectivity index (χ2v) is 8.05. The van der Waals surface area contributed by atoms with Crippen LogP contribution in [0.25, 0.3) is 0 Å². The van der Waals surface area contributed by atoms with Gasteiger partial charge in [0.1, 0.15) is 0 Å². The average molecular weight is 381 g/mol. The van der Waals surface area contributed by atoms with Crippen molar-refractivity contribution in [2.24, 2.45) is 0 Å². The Labute approximate surface area is 161 Å². The van der Waals surface area contributed by atoms with Gasteiger partial charge in [0.05, 0.1) is 24.9 Å². The molecule has 5 nitrogen and oxygen atoms in total. The number of pyridine rings is 1. The third kappa shape index (κ3) is 4.53. The summed E-state index contributed by atoms with van der Waals surface area (Å²) in [7, 11) is 0. The number of nitrogens with one attached hydrogen (secondary N) is 1. The monoisotopic (exact) mass is 380 g/mol. The summed E-state index contributed by atoms with van der Waals surface area (Å²) in [6.45, 7) is 5.34. The van der Waals surface area contributed by atoms with E-state index in [4.69, 9.17) is 9.47 Å². The lowest BCUT2D eigenvalue weighted by Gasteiger charge is -2.37. The first-order valence-corrected chi connectivity index (χ1v) is 11.1. The van der Waals surface area contributed by atoms with Crippen LogP contribution in [0.15, 0.2) is 16.9 Å². The van der Waals surface area contributed by atoms with Gasteiger partial charge in [-0.3, -0.25) is 9.52 Å². The fourth-order valence-corrected chi connectivity index (χ4v) is 4.83. The first-order chi connectivity index (χ1) is 12.6. The topological polar surface area (TPSA) is 52.5 Å². The molecule has 1 aromatic rings. The van der Waals surface area contributed by atoms with Gasteiger partial charge in [-0.2, -0.15) is 0 Å². The summed E-state index contributed by atoms with van der Waals surface area (Å²) in [6.07, 6.45) is 8.94. The molecule has 2 unspecified atom stereocenters. The van der Waals surface area contributed by atoms with E-state index in [1.54, 1.807) is 11.9 Å². The summed E-state index contributed by atoms with van der Waals surface area (Å²) in [4.78, 5) is 12.8. The molecule has 0 saturated heterocycles. The Morgan fingerprint density at radius 3 is 2.50 bits per heavy atom. The zero-order valence-corrected chi connectivity index (χ0v) is 17.0. The van der Waals surface area contributed by atoms with E-state index in [2.05, 4.69) is 17.7 Å². The number of hydrogen-bond donors (Lipinski definition) is 1. The van der Waals surface area contributed by atoms with Crippen molar-refractivity contribution >= 4 is 11.9 Å². The number of aromatic nitrogens is 1. The molecular weight excluding hydrogens is 348 g/mol. The molecule has 2 heterocycles. The summed E-state index contributed by atoms with van der Waals surface area (Å²) in [5.74, 6) is 0. The Morgan fingerprint density at radius 2 is 1.85 bits per heavy atom. The van der Waals surface area contributed by atoms with Gasteiger partial charge >= 0.3 is 0 Å². The lowest BCUT2D eigenvalue weighted by atomic mass is 9.94. The number of nitrogens with zero attached hydrogens (tertiary/aromatic N) is 1. The average Bonchev–Trinajstić information content (AvgIpc) is 2.65. The Hall–Kier alpha value is -0.820. The van der Waals surface area contributed by atoms with E-state index in [0.717, 1.165) is 56.4 Å². The largest absolute Gasteiger partial charge is 0.379 e. The van der Waals surface area contributed by atoms with Crippen LogP contribution in [0.2, 0.25) is 0 Å². The second kappa shape index (κ2) is 9.40. The fourth-order valence-electron chi connectivity index (χ4n) is 4.25. The quantitative estimate of drug-likeness (QED) is 0.736. The van der Waals surface area contributed by atoms with E-state index in [1.165, 1.54) is 0 Å². The molecule has 0 amide bonds. The molecule has 1 aromatic heterocycles. The van der Waals surface area contributed by atoms with Crippen LogP contribution in [0.1, 0.15) is 56.3 Å². The number of ether oxygens (including phenoxy) is 2. The zero-order chi connectivity index (χ0) is 18.5. The van der Waals surface area contributed by atoms with E-state index in [0.29, 0.717) is 12.7 Å². The Kier molecular flexibility index (Phi) is 7.20. The van der Waals surface area contributed by atoms with Crippen LogP contribution in [0.5, 0.6) is 0 Å². The van der Waals surface area contributed by atoms with Crippen LogP contribution in [0, 0.1) is 6.92 Å². The van der Waals surface area contributed by atoms with Crippen molar-refractivity contribution in [1.82, 2.24) is 9.29 Å². The van der Waals surface area contributed by atoms with Gasteiger partial charge in [-0.05, 0) is 64.7 Å². The van der Waals surface area contributed by atoms with Crippen molar-refractivity contribution in [1.29, 1.82) is 0 Å². The molecule has 0 spiro atoms. The van der Waals surface area contributed by atoms with E-state index in [9.17, 15) is 4.79 Å². The van der Waals surface area contributed by atoms with Gasteiger partial charge in [-0.1, -0.05) is 18.0 Å². The van der Waals surface area contributed by atoms with Crippen LogP contribution in [0.3, 0.4) is 0 Å². The molecule has 146 valence electrons. The molecule has 26 heavy (non-hydrogen) atoms. The minimum Gasteiger partial charge on any atom is -0.379 e. The molecule has 6 heteroatoms. The van der Waals surface area contributed by atoms with Gasteiger partial charge in [0, 0.05) is 23.9 Å². The smallest absolute Gasteiger partial charge is 0.254 e. The van der Waals surface area contributed by atoms with Crippen molar-refractivity contribution in [3.8, 4) is 0 Å². The van der Waals surface area contributed by atoms with E-state index in [-0.39, 0.29) is 23.7 Å². The van der Waals surface area contributed by atoms with Crippen LogP contribution in [-0.2, 0) is 15.9 Å². The minimum atomic E-state index is 0.0585. The van der Waals surface area contributed by atoms with Gasteiger partial charge in [0.15, 0.2) is 0 Å². The molecule has 1 N–H and O–H groups in total. The summed E-state index contributed by atoms with van der Waals surface area (Å²) in [5, 5.41) is 0. The maximum Gasteiger partial charge on any atom is 0.254 e. The standard InChI is InChI=1S/C20H32N2O3S/c1-4-24-16-8-10-17(11-9-16)25-13-19-18(21-26-3)12-7-15-6-5-14(2)20(23)22(15)19/h5-6,16-19,21H,4,7-13H2,1-3H3. The summed E-state index contributed by atoms with van der Waals surface area (Å²) < 4.78 is 17.5. The number of rotatable bonds is 7. The predicted molar refractivity (Wildman–Crippen MR) is 107 cm³/mol. The van der Waals surface area contributed by atoms with Crippen LogP contribution in [-0.4, -0.2) is 42.3 Å². The zero-order valence-electron chi connectivity index (χ0n) is 16.2. The molecule has 2 atom stereocenters. The highest BCUT2D eigenvalue weighted by atomic mass is 32.2. The molecule has 0 bridgehead atoms. The summed E-state index contributed by atoms with van der Waals surface area (Å²) >= 11 is 1.63. The maximum atomic E-state index is 12.8. The van der Waals surface area contributed by atoms with Crippen LogP contribution < -0.4 is 10.3 Å². The summed E-state index contributed by atoms with van der Waals surface area (Å²) in [5.41, 5.74) is 2.07. The van der Waals surface area contributed by atoms with Crippen molar-refractivity contribution in [3.63, 3.8) is 0 Å². The minimum absolute atomic E-state index is 0.0585. The van der Waals surface area contributed by atoms with Gasteiger partial charge < -0.3 is 14.0 Å². The molecule has 1 aliphatic heterocycles. The van der Waals surface area contributed by atoms with E-state index >= 15 is 0 Å². The van der Waals surface area contributed by atoms with E-state index in [1.807, 2.05) is 23.8 Å². The highest BCUT2D eigenvalue weighted by Gasteiger charge is 2.32. The highest BCUT2D eigenvalue weighted by molar-refractivity contribution is 7.96. The molecular formula is C20H32N2O3S. The van der Waals surface area contributed by atoms with Crippen molar-refractivity contribution in [3.05, 3.63) is 33.7 Å². The normalized spacial score (nSPS) is 28.7. The Balaban J connectivity index is 1.69. The molecule has 3 rings (SSSR count). The highest BCUT2D eigenvalue weighted by Crippen LogP contribution is 2.28. The predicted octanol–water partition coefficient (Wildman–Crippen LogP) is 3.24. The van der Waals surface area contributed by atoms with Crippen LogP contribution >= 0.6 is 11.9 Å². The molecule has 0 aromatic carbocycles. The van der Waals surface area contributed by atoms with Crippen LogP contribution in [0.4, 0.5) is 0 Å². The first kappa shape index (κ1) is 19.9. The second-order valence-electron chi connectivity index (χ2n) is 7.40. The van der Waals surface area contributed by atoms with Crippen molar-refractivity contribution in [2.45, 2.75) is 76.7 Å². The molecule has 0 radical (unpaired) electrons. The van der Waals surface area contributed by atoms with Gasteiger partial charge in [-0.25, -0.2) is 0 Å². The molecule has 1 aliphatic carbocycles. The number of hydrogen-bond acceptors (Lipinski definition) is 5. The SMILES string of the molecule is CCOC1CCC(OCC2C(NSC)CCc3ccc(C)c(=O)n32)CC1. The Morgan fingerprint density at radius 1 is 1.15 bits per heavy atom. The summed E-state index contributed by atoms with van der Waals surface area (Å²) in [6, 6.07) is 4.37. The molecule has 2 aliphatic rings. The van der Waals surface area contributed by atoms with Gasteiger partial charge in [0.25, 0.3) is 5.56 Å². The lowest BCUT2D eigenvalue weighted by molar-refractivity contribution is -0.0397. The lowest BCUT2D eigenvalue weighted by Crippen LogP contribution is -2.46. The Bertz CT molecular complexity index is 640. The van der Waals surface area contributed by atoms with Crippen molar-refractivity contribution in [2.75, 3.05) is 19.5 Å². The molecule has 1 saturated carbocycles. The maximum absolute atomic E-state index is 12.8. The molecule has 1 fully saturated rings. The number of aryl methyl sites for hydroxylation is 2. The van der Waals surface area contributed by atoms with E-state index < -0.39 is 0 Å².